The van der Waals surface area contributed by atoms with E-state index in [2.05, 4.69) is 16.9 Å². The van der Waals surface area contributed by atoms with Gasteiger partial charge in [0.1, 0.15) is 5.60 Å². The van der Waals surface area contributed by atoms with Gasteiger partial charge in [0.25, 0.3) is 0 Å². The molecule has 2 aromatic rings. The van der Waals surface area contributed by atoms with Crippen molar-refractivity contribution >= 4 is 0 Å². The van der Waals surface area contributed by atoms with Gasteiger partial charge in [0, 0.05) is 24.4 Å². The zero-order valence-corrected chi connectivity index (χ0v) is 12.3. The molecule has 1 atom stereocenters. The predicted molar refractivity (Wildman–Crippen MR) is 77.8 cm³/mol. The smallest absolute Gasteiger partial charge is 0.212 e. The van der Waals surface area contributed by atoms with E-state index in [1.807, 2.05) is 36.7 Å². The van der Waals surface area contributed by atoms with E-state index in [4.69, 9.17) is 4.74 Å². The fraction of sp³-hybridized carbons (Fsp3) is 0.375. The molecule has 1 unspecified atom stereocenters. The Morgan fingerprint density at radius 2 is 1.65 bits per heavy atom. The van der Waals surface area contributed by atoms with E-state index < -0.39 is 5.60 Å². The molecule has 0 saturated heterocycles. The molecule has 4 nitrogen and oxygen atoms in total. The molecule has 0 bridgehead atoms. The molecule has 0 aliphatic carbocycles. The Labute approximate surface area is 119 Å². The molecule has 0 aromatic carbocycles. The van der Waals surface area contributed by atoms with Crippen molar-refractivity contribution in [3.05, 3.63) is 53.5 Å². The lowest BCUT2D eigenvalue weighted by molar-refractivity contribution is 0.0738. The molecular formula is C16H20N2O2. The molecule has 4 heteroatoms. The van der Waals surface area contributed by atoms with Gasteiger partial charge in [0.05, 0.1) is 12.8 Å². The Balaban J connectivity index is 2.22. The average molecular weight is 272 g/mol. The van der Waals surface area contributed by atoms with Crippen LogP contribution in [0.15, 0.2) is 36.7 Å². The SMILES string of the molecule is COc1ccc(C(C)c2ccc(C(C)(C)O)nc2)cn1. The van der Waals surface area contributed by atoms with Gasteiger partial charge in [-0.15, -0.1) is 0 Å². The Kier molecular flexibility index (Phi) is 4.04. The fourth-order valence-electron chi connectivity index (χ4n) is 1.98. The first-order valence-electron chi connectivity index (χ1n) is 6.60. The van der Waals surface area contributed by atoms with Gasteiger partial charge in [-0.25, -0.2) is 4.98 Å². The summed E-state index contributed by atoms with van der Waals surface area (Å²) in [4.78, 5) is 8.55. The van der Waals surface area contributed by atoms with Crippen molar-refractivity contribution in [3.63, 3.8) is 0 Å². The number of nitrogens with zero attached hydrogens (tertiary/aromatic N) is 2. The zero-order valence-electron chi connectivity index (χ0n) is 12.3. The highest BCUT2D eigenvalue weighted by Gasteiger charge is 2.18. The highest BCUT2D eigenvalue weighted by molar-refractivity contribution is 5.31. The van der Waals surface area contributed by atoms with E-state index in [0.717, 1.165) is 11.1 Å². The van der Waals surface area contributed by atoms with E-state index in [9.17, 15) is 5.11 Å². The van der Waals surface area contributed by atoms with Gasteiger partial charge in [-0.1, -0.05) is 19.1 Å². The molecule has 1 N–H and O–H groups in total. The zero-order chi connectivity index (χ0) is 14.8. The van der Waals surface area contributed by atoms with Crippen LogP contribution in [0.25, 0.3) is 0 Å². The van der Waals surface area contributed by atoms with Crippen LogP contribution in [0.3, 0.4) is 0 Å². The quantitative estimate of drug-likeness (QED) is 0.929. The first-order valence-corrected chi connectivity index (χ1v) is 6.60. The summed E-state index contributed by atoms with van der Waals surface area (Å²) in [7, 11) is 1.60. The van der Waals surface area contributed by atoms with Crippen LogP contribution in [0.5, 0.6) is 5.88 Å². The standard InChI is InChI=1S/C16H20N2O2/c1-11(13-6-8-15(20-4)18-10-13)12-5-7-14(17-9-12)16(2,3)19/h5-11,19H,1-4H3. The molecule has 2 rings (SSSR count). The molecule has 0 radical (unpaired) electrons. The minimum atomic E-state index is -0.913. The Morgan fingerprint density at radius 3 is 2.05 bits per heavy atom. The van der Waals surface area contributed by atoms with Crippen LogP contribution in [0.1, 0.15) is 43.5 Å². The summed E-state index contributed by atoms with van der Waals surface area (Å²) in [6.45, 7) is 5.56. The molecule has 0 spiro atoms. The highest BCUT2D eigenvalue weighted by Crippen LogP contribution is 2.25. The Bertz CT molecular complexity index is 557. The third kappa shape index (κ3) is 3.14. The third-order valence-electron chi connectivity index (χ3n) is 3.38. The number of methoxy groups -OCH3 is 1. The van der Waals surface area contributed by atoms with Crippen LogP contribution in [0, 0.1) is 0 Å². The van der Waals surface area contributed by atoms with E-state index >= 15 is 0 Å². The van der Waals surface area contributed by atoms with Gasteiger partial charge in [-0.05, 0) is 31.0 Å². The molecule has 2 aromatic heterocycles. The molecule has 2 heterocycles. The van der Waals surface area contributed by atoms with Crippen molar-refractivity contribution in [1.29, 1.82) is 0 Å². The maximum atomic E-state index is 9.91. The molecule has 0 aliphatic heterocycles. The molecular weight excluding hydrogens is 252 g/mol. The van der Waals surface area contributed by atoms with Crippen molar-refractivity contribution in [2.45, 2.75) is 32.3 Å². The number of ether oxygens (including phenoxy) is 1. The maximum absolute atomic E-state index is 9.91. The van der Waals surface area contributed by atoms with E-state index in [0.29, 0.717) is 11.6 Å². The molecule has 0 saturated carbocycles. The Morgan fingerprint density at radius 1 is 1.05 bits per heavy atom. The van der Waals surface area contributed by atoms with Crippen molar-refractivity contribution in [2.75, 3.05) is 7.11 Å². The molecule has 0 amide bonds. The number of hydrogen-bond acceptors (Lipinski definition) is 4. The average Bonchev–Trinajstić information content (AvgIpc) is 2.46. The molecule has 106 valence electrons. The maximum Gasteiger partial charge on any atom is 0.212 e. The molecule has 20 heavy (non-hydrogen) atoms. The van der Waals surface area contributed by atoms with Crippen molar-refractivity contribution in [2.24, 2.45) is 0 Å². The summed E-state index contributed by atoms with van der Waals surface area (Å²) in [6, 6.07) is 7.71. The van der Waals surface area contributed by atoms with Gasteiger partial charge in [0.15, 0.2) is 0 Å². The summed E-state index contributed by atoms with van der Waals surface area (Å²) in [5.74, 6) is 0.799. The van der Waals surface area contributed by atoms with Crippen LogP contribution >= 0.6 is 0 Å². The number of aliphatic hydroxyl groups is 1. The van der Waals surface area contributed by atoms with Crippen molar-refractivity contribution < 1.29 is 9.84 Å². The summed E-state index contributed by atoms with van der Waals surface area (Å²) in [5.41, 5.74) is 1.94. The summed E-state index contributed by atoms with van der Waals surface area (Å²) < 4.78 is 5.06. The van der Waals surface area contributed by atoms with Crippen molar-refractivity contribution in [1.82, 2.24) is 9.97 Å². The second-order valence-electron chi connectivity index (χ2n) is 5.39. The normalized spacial score (nSPS) is 13.1. The van der Waals surface area contributed by atoms with Gasteiger partial charge >= 0.3 is 0 Å². The van der Waals surface area contributed by atoms with E-state index in [1.54, 1.807) is 21.0 Å². The van der Waals surface area contributed by atoms with Gasteiger partial charge < -0.3 is 9.84 Å². The van der Waals surface area contributed by atoms with Crippen LogP contribution < -0.4 is 4.74 Å². The number of rotatable bonds is 4. The second kappa shape index (κ2) is 5.59. The van der Waals surface area contributed by atoms with E-state index in [-0.39, 0.29) is 5.92 Å². The minimum absolute atomic E-state index is 0.191. The summed E-state index contributed by atoms with van der Waals surface area (Å²) >= 11 is 0. The lowest BCUT2D eigenvalue weighted by atomic mass is 9.94. The summed E-state index contributed by atoms with van der Waals surface area (Å²) in [6.07, 6.45) is 3.62. The lowest BCUT2D eigenvalue weighted by Crippen LogP contribution is -2.17. The third-order valence-corrected chi connectivity index (χ3v) is 3.38. The van der Waals surface area contributed by atoms with Gasteiger partial charge in [-0.3, -0.25) is 4.98 Å². The minimum Gasteiger partial charge on any atom is -0.481 e. The van der Waals surface area contributed by atoms with Gasteiger partial charge in [0.2, 0.25) is 5.88 Å². The predicted octanol–water partition coefficient (Wildman–Crippen LogP) is 2.86. The Hall–Kier alpha value is -1.94. The topological polar surface area (TPSA) is 55.2 Å². The van der Waals surface area contributed by atoms with Crippen molar-refractivity contribution in [3.8, 4) is 5.88 Å². The highest BCUT2D eigenvalue weighted by atomic mass is 16.5. The lowest BCUT2D eigenvalue weighted by Gasteiger charge is -2.18. The molecule has 0 fully saturated rings. The summed E-state index contributed by atoms with van der Waals surface area (Å²) in [5, 5.41) is 9.91. The first kappa shape index (κ1) is 14.5. The fourth-order valence-corrected chi connectivity index (χ4v) is 1.98. The van der Waals surface area contributed by atoms with Crippen LogP contribution in [-0.4, -0.2) is 22.2 Å². The second-order valence-corrected chi connectivity index (χ2v) is 5.39. The largest absolute Gasteiger partial charge is 0.481 e. The van der Waals surface area contributed by atoms with E-state index in [1.165, 1.54) is 0 Å². The van der Waals surface area contributed by atoms with Crippen LogP contribution in [-0.2, 0) is 5.60 Å². The monoisotopic (exact) mass is 272 g/mol. The number of pyridine rings is 2. The van der Waals surface area contributed by atoms with Gasteiger partial charge in [-0.2, -0.15) is 0 Å². The van der Waals surface area contributed by atoms with Crippen LogP contribution in [0.4, 0.5) is 0 Å². The molecule has 0 aliphatic rings. The number of aromatic nitrogens is 2. The number of hydrogen-bond donors (Lipinski definition) is 1. The first-order chi connectivity index (χ1) is 9.41. The van der Waals surface area contributed by atoms with Crippen LogP contribution in [0.2, 0.25) is 0 Å².